The molecule has 0 unspecified atom stereocenters. The first-order valence-corrected chi connectivity index (χ1v) is 5.44. The summed E-state index contributed by atoms with van der Waals surface area (Å²) in [7, 11) is 0. The first kappa shape index (κ1) is 11.2. The molecule has 0 N–H and O–H groups in total. The zero-order chi connectivity index (χ0) is 12.1. The largest absolute Gasteiger partial charge is 0.328 e. The highest BCUT2D eigenvalue weighted by atomic mass is 15.0. The summed E-state index contributed by atoms with van der Waals surface area (Å²) in [5, 5.41) is 8.63. The van der Waals surface area contributed by atoms with Crippen LogP contribution in [0.15, 0.2) is 53.7 Å². The number of hydrogen-bond donors (Lipinski definition) is 0. The third-order valence-electron chi connectivity index (χ3n) is 2.68. The van der Waals surface area contributed by atoms with Gasteiger partial charge in [-0.2, -0.15) is 10.3 Å². The second-order valence-electron chi connectivity index (χ2n) is 3.83. The summed E-state index contributed by atoms with van der Waals surface area (Å²) in [4.78, 5) is 3.80. The van der Waals surface area contributed by atoms with Crippen LogP contribution < -0.4 is 5.49 Å². The Bertz CT molecular complexity index is 618. The van der Waals surface area contributed by atoms with Gasteiger partial charge in [-0.15, -0.1) is 0 Å². The van der Waals surface area contributed by atoms with Crippen LogP contribution in [0.2, 0.25) is 0 Å². The zero-order valence-electron chi connectivity index (χ0n) is 9.67. The summed E-state index contributed by atoms with van der Waals surface area (Å²) in [5.74, 6) is 0. The molecule has 3 heteroatoms. The number of aryl methyl sites for hydroxylation is 1. The van der Waals surface area contributed by atoms with Gasteiger partial charge in [0.15, 0.2) is 0 Å². The molecule has 0 bridgehead atoms. The van der Waals surface area contributed by atoms with Crippen molar-refractivity contribution in [2.75, 3.05) is 0 Å². The molecular weight excluding hydrogens is 210 g/mol. The maximum atomic E-state index is 8.63. The highest BCUT2D eigenvalue weighted by molar-refractivity contribution is 5.25. The summed E-state index contributed by atoms with van der Waals surface area (Å²) in [6.07, 6.45) is 3.76. The van der Waals surface area contributed by atoms with Crippen molar-refractivity contribution in [1.29, 1.82) is 5.26 Å². The predicted octanol–water partition coefficient (Wildman–Crippen LogP) is 2.23. The molecule has 1 aromatic heterocycles. The first-order chi connectivity index (χ1) is 8.31. The fourth-order valence-electron chi connectivity index (χ4n) is 1.72. The Kier molecular flexibility index (Phi) is 3.37. The fourth-order valence-corrected chi connectivity index (χ4v) is 1.72. The van der Waals surface area contributed by atoms with E-state index < -0.39 is 0 Å². The van der Waals surface area contributed by atoms with Crippen molar-refractivity contribution in [3.8, 4) is 6.19 Å². The van der Waals surface area contributed by atoms with E-state index in [9.17, 15) is 0 Å². The van der Waals surface area contributed by atoms with E-state index in [0.29, 0.717) is 5.49 Å². The Morgan fingerprint density at radius 2 is 1.94 bits per heavy atom. The molecule has 0 saturated heterocycles. The van der Waals surface area contributed by atoms with E-state index in [1.54, 1.807) is 0 Å². The normalized spacial score (nSPS) is 11.2. The quantitative estimate of drug-likeness (QED) is 0.720. The minimum absolute atomic E-state index is 0.679. The second kappa shape index (κ2) is 5.13. The smallest absolute Gasteiger partial charge is 0.207 e. The Hall–Kier alpha value is -2.34. The summed E-state index contributed by atoms with van der Waals surface area (Å²) in [6.45, 7) is 2.81. The highest BCUT2D eigenvalue weighted by Crippen LogP contribution is 2.07. The molecule has 3 nitrogen and oxygen atoms in total. The molecule has 0 radical (unpaired) electrons. The summed E-state index contributed by atoms with van der Waals surface area (Å²) >= 11 is 0. The second-order valence-corrected chi connectivity index (χ2v) is 3.83. The van der Waals surface area contributed by atoms with Gasteiger partial charge >= 0.3 is 0 Å². The van der Waals surface area contributed by atoms with Gasteiger partial charge in [0.2, 0.25) is 6.19 Å². The van der Waals surface area contributed by atoms with Gasteiger partial charge in [0, 0.05) is 12.7 Å². The summed E-state index contributed by atoms with van der Waals surface area (Å²) in [6, 6.07) is 13.9. The van der Waals surface area contributed by atoms with Crippen molar-refractivity contribution in [3.05, 3.63) is 65.3 Å². The predicted molar refractivity (Wildman–Crippen MR) is 65.9 cm³/mol. The zero-order valence-corrected chi connectivity index (χ0v) is 9.67. The Morgan fingerprint density at radius 3 is 2.71 bits per heavy atom. The maximum Gasteiger partial charge on any atom is 0.207 e. The van der Waals surface area contributed by atoms with E-state index in [1.165, 1.54) is 11.1 Å². The lowest BCUT2D eigenvalue weighted by atomic mass is 10.1. The number of rotatable bonds is 2. The van der Waals surface area contributed by atoms with Crippen LogP contribution in [0.5, 0.6) is 0 Å². The van der Waals surface area contributed by atoms with Crippen LogP contribution in [0.25, 0.3) is 0 Å². The number of nitriles is 1. The molecule has 1 heterocycles. The van der Waals surface area contributed by atoms with Crippen LogP contribution in [0.3, 0.4) is 0 Å². The average Bonchev–Trinajstić information content (AvgIpc) is 2.35. The number of hydrogen-bond acceptors (Lipinski definition) is 2. The molecule has 0 aliphatic heterocycles. The van der Waals surface area contributed by atoms with Crippen molar-refractivity contribution in [1.82, 2.24) is 4.57 Å². The molecule has 2 aromatic rings. The Balaban J connectivity index is 2.41. The van der Waals surface area contributed by atoms with E-state index in [4.69, 9.17) is 5.26 Å². The molecule has 2 rings (SSSR count). The first-order valence-electron chi connectivity index (χ1n) is 5.44. The van der Waals surface area contributed by atoms with E-state index in [2.05, 4.69) is 24.0 Å². The van der Waals surface area contributed by atoms with Gasteiger partial charge in [0.1, 0.15) is 5.49 Å². The number of nitrogens with zero attached hydrogens (tertiary/aromatic N) is 3. The third-order valence-corrected chi connectivity index (χ3v) is 2.68. The average molecular weight is 223 g/mol. The molecule has 0 spiro atoms. The van der Waals surface area contributed by atoms with Crippen LogP contribution in [-0.2, 0) is 6.54 Å². The van der Waals surface area contributed by atoms with Gasteiger partial charge in [0.05, 0.1) is 0 Å². The van der Waals surface area contributed by atoms with Gasteiger partial charge in [0.25, 0.3) is 0 Å². The molecule has 1 aromatic carbocycles. The van der Waals surface area contributed by atoms with Crippen molar-refractivity contribution >= 4 is 0 Å². The summed E-state index contributed by atoms with van der Waals surface area (Å²) in [5.41, 5.74) is 3.16. The Labute approximate surface area is 100 Å². The monoisotopic (exact) mass is 223 g/mol. The van der Waals surface area contributed by atoms with Crippen LogP contribution in [0, 0.1) is 18.4 Å². The number of benzene rings is 1. The SMILES string of the molecule is Cc1ccccc1Cn1cccc/c1=N\C#N. The molecule has 0 saturated carbocycles. The fraction of sp³-hybridized carbons (Fsp3) is 0.143. The molecule has 0 fully saturated rings. The van der Waals surface area contributed by atoms with E-state index in [-0.39, 0.29) is 0 Å². The van der Waals surface area contributed by atoms with Crippen LogP contribution >= 0.6 is 0 Å². The standard InChI is InChI=1S/C14H13N3/c1-12-6-2-3-7-13(12)10-17-9-5-4-8-14(17)16-11-15/h2-9H,10H2,1H3/b16-14+. The number of aromatic nitrogens is 1. The molecule has 0 amide bonds. The van der Waals surface area contributed by atoms with Gasteiger partial charge < -0.3 is 4.57 Å². The van der Waals surface area contributed by atoms with Gasteiger partial charge in [-0.1, -0.05) is 30.3 Å². The number of pyridine rings is 1. The maximum absolute atomic E-state index is 8.63. The lowest BCUT2D eigenvalue weighted by Crippen LogP contribution is -2.20. The molecule has 17 heavy (non-hydrogen) atoms. The van der Waals surface area contributed by atoms with E-state index >= 15 is 0 Å². The molecule has 0 aliphatic rings. The molecular formula is C14H13N3. The van der Waals surface area contributed by atoms with Gasteiger partial charge in [-0.05, 0) is 30.2 Å². The minimum atomic E-state index is 0.679. The topological polar surface area (TPSA) is 41.1 Å². The van der Waals surface area contributed by atoms with Crippen molar-refractivity contribution in [2.24, 2.45) is 4.99 Å². The molecule has 84 valence electrons. The third kappa shape index (κ3) is 2.61. The lowest BCUT2D eigenvalue weighted by Gasteiger charge is -2.09. The van der Waals surface area contributed by atoms with Crippen molar-refractivity contribution in [2.45, 2.75) is 13.5 Å². The molecule has 0 aliphatic carbocycles. The van der Waals surface area contributed by atoms with Crippen LogP contribution in [0.1, 0.15) is 11.1 Å². The minimum Gasteiger partial charge on any atom is -0.328 e. The lowest BCUT2D eigenvalue weighted by molar-refractivity contribution is 0.740. The van der Waals surface area contributed by atoms with Crippen LogP contribution in [-0.4, -0.2) is 4.57 Å². The van der Waals surface area contributed by atoms with Crippen molar-refractivity contribution < 1.29 is 0 Å². The van der Waals surface area contributed by atoms with Crippen molar-refractivity contribution in [3.63, 3.8) is 0 Å². The van der Waals surface area contributed by atoms with E-state index in [0.717, 1.165) is 6.54 Å². The Morgan fingerprint density at radius 1 is 1.18 bits per heavy atom. The van der Waals surface area contributed by atoms with Gasteiger partial charge in [-0.3, -0.25) is 0 Å². The highest BCUT2D eigenvalue weighted by Gasteiger charge is 1.98. The van der Waals surface area contributed by atoms with Gasteiger partial charge in [-0.25, -0.2) is 0 Å². The summed E-state index contributed by atoms with van der Waals surface area (Å²) < 4.78 is 1.96. The van der Waals surface area contributed by atoms with Crippen LogP contribution in [0.4, 0.5) is 0 Å². The molecule has 0 atom stereocenters. The van der Waals surface area contributed by atoms with E-state index in [1.807, 2.05) is 47.3 Å².